The van der Waals surface area contributed by atoms with Gasteiger partial charge in [0.2, 0.25) is 7.98 Å². The Kier molecular flexibility index (Phi) is 3.23. The van der Waals surface area contributed by atoms with Crippen molar-refractivity contribution in [2.75, 3.05) is 22.4 Å². The summed E-state index contributed by atoms with van der Waals surface area (Å²) < 4.78 is 0. The normalized spacial score (nSPS) is 17.3. The second-order valence-electron chi connectivity index (χ2n) is 5.10. The molecule has 2 radical (unpaired) electrons. The SMILES string of the molecule is [B]N(CC)c1ccc(NC2(C)CCC2)c(N)c1. The molecule has 1 aromatic rings. The minimum Gasteiger partial charge on any atom is -0.425 e. The summed E-state index contributed by atoms with van der Waals surface area (Å²) in [6.07, 6.45) is 3.73. The maximum atomic E-state index is 6.06. The highest BCUT2D eigenvalue weighted by atomic mass is 15.0. The average molecular weight is 229 g/mol. The van der Waals surface area contributed by atoms with Gasteiger partial charge in [-0.1, -0.05) is 0 Å². The van der Waals surface area contributed by atoms with Crippen LogP contribution in [0.2, 0.25) is 0 Å². The molecule has 0 aromatic heterocycles. The number of hydrogen-bond donors (Lipinski definition) is 2. The zero-order chi connectivity index (χ0) is 12.5. The van der Waals surface area contributed by atoms with Gasteiger partial charge in [-0.3, -0.25) is 0 Å². The lowest BCUT2D eigenvalue weighted by atomic mass is 9.78. The van der Waals surface area contributed by atoms with E-state index in [4.69, 9.17) is 13.7 Å². The van der Waals surface area contributed by atoms with Gasteiger partial charge >= 0.3 is 0 Å². The van der Waals surface area contributed by atoms with Crippen LogP contribution in [0, 0.1) is 0 Å². The molecule has 0 unspecified atom stereocenters. The van der Waals surface area contributed by atoms with Crippen molar-refractivity contribution in [2.24, 2.45) is 0 Å². The van der Waals surface area contributed by atoms with Crippen LogP contribution >= 0.6 is 0 Å². The van der Waals surface area contributed by atoms with Gasteiger partial charge in [-0.25, -0.2) is 0 Å². The molecule has 0 bridgehead atoms. The maximum absolute atomic E-state index is 6.06. The van der Waals surface area contributed by atoms with Crippen LogP contribution in [0.15, 0.2) is 18.2 Å². The molecule has 1 fully saturated rings. The molecule has 0 amide bonds. The minimum atomic E-state index is 0.225. The van der Waals surface area contributed by atoms with Gasteiger partial charge in [-0.15, -0.1) is 0 Å². The Morgan fingerprint density at radius 3 is 2.65 bits per heavy atom. The van der Waals surface area contributed by atoms with Gasteiger partial charge < -0.3 is 15.9 Å². The summed E-state index contributed by atoms with van der Waals surface area (Å²) in [5.41, 5.74) is 9.01. The fourth-order valence-electron chi connectivity index (χ4n) is 2.18. The number of anilines is 3. The van der Waals surface area contributed by atoms with Crippen LogP contribution in [0.25, 0.3) is 0 Å². The monoisotopic (exact) mass is 229 g/mol. The first-order chi connectivity index (χ1) is 8.04. The third-order valence-electron chi connectivity index (χ3n) is 3.60. The molecule has 17 heavy (non-hydrogen) atoms. The largest absolute Gasteiger partial charge is 0.425 e. The molecule has 0 aliphatic heterocycles. The fraction of sp³-hybridized carbons (Fsp3) is 0.538. The van der Waals surface area contributed by atoms with Crippen LogP contribution in [0.4, 0.5) is 17.1 Å². The van der Waals surface area contributed by atoms with Crippen molar-refractivity contribution < 1.29 is 0 Å². The van der Waals surface area contributed by atoms with E-state index in [1.54, 1.807) is 4.81 Å². The minimum absolute atomic E-state index is 0.225. The Morgan fingerprint density at radius 2 is 2.18 bits per heavy atom. The molecular weight excluding hydrogens is 209 g/mol. The van der Waals surface area contributed by atoms with Crippen molar-refractivity contribution in [1.82, 2.24) is 0 Å². The molecule has 1 saturated carbocycles. The maximum Gasteiger partial charge on any atom is 0.226 e. The first-order valence-electron chi connectivity index (χ1n) is 6.24. The number of nitrogens with one attached hydrogen (secondary N) is 1. The Balaban J connectivity index is 2.14. The van der Waals surface area contributed by atoms with Gasteiger partial charge in [0, 0.05) is 17.8 Å². The van der Waals surface area contributed by atoms with E-state index in [9.17, 15) is 0 Å². The number of benzene rings is 1. The molecule has 2 rings (SSSR count). The molecule has 0 atom stereocenters. The lowest BCUT2D eigenvalue weighted by Crippen LogP contribution is -2.41. The molecule has 4 heteroatoms. The van der Waals surface area contributed by atoms with E-state index in [0.29, 0.717) is 0 Å². The fourth-order valence-corrected chi connectivity index (χ4v) is 2.18. The zero-order valence-electron chi connectivity index (χ0n) is 10.7. The van der Waals surface area contributed by atoms with Gasteiger partial charge in [-0.05, 0) is 51.3 Å². The highest BCUT2D eigenvalue weighted by Gasteiger charge is 2.31. The molecule has 0 saturated heterocycles. The van der Waals surface area contributed by atoms with Gasteiger partial charge in [0.05, 0.1) is 11.4 Å². The second-order valence-corrected chi connectivity index (χ2v) is 5.10. The predicted molar refractivity (Wildman–Crippen MR) is 75.5 cm³/mol. The molecule has 1 aromatic carbocycles. The van der Waals surface area contributed by atoms with E-state index in [1.807, 2.05) is 25.1 Å². The van der Waals surface area contributed by atoms with E-state index in [0.717, 1.165) is 23.6 Å². The van der Waals surface area contributed by atoms with E-state index in [2.05, 4.69) is 12.2 Å². The summed E-state index contributed by atoms with van der Waals surface area (Å²) in [7, 11) is 5.84. The van der Waals surface area contributed by atoms with E-state index >= 15 is 0 Å². The van der Waals surface area contributed by atoms with E-state index in [1.165, 1.54) is 19.3 Å². The lowest BCUT2D eigenvalue weighted by molar-refractivity contribution is 0.307. The summed E-state index contributed by atoms with van der Waals surface area (Å²) in [6, 6.07) is 5.95. The van der Waals surface area contributed by atoms with Crippen LogP contribution < -0.4 is 15.9 Å². The van der Waals surface area contributed by atoms with Crippen molar-refractivity contribution in [3.63, 3.8) is 0 Å². The number of nitrogen functional groups attached to an aromatic ring is 1. The first-order valence-corrected chi connectivity index (χ1v) is 6.24. The summed E-state index contributed by atoms with van der Waals surface area (Å²) in [4.78, 5) is 1.69. The van der Waals surface area contributed by atoms with Gasteiger partial charge in [0.15, 0.2) is 0 Å². The lowest BCUT2D eigenvalue weighted by Gasteiger charge is -2.40. The Hall–Kier alpha value is -1.32. The first kappa shape index (κ1) is 12.2. The molecular formula is C13H20BN3. The van der Waals surface area contributed by atoms with Crippen molar-refractivity contribution in [3.05, 3.63) is 18.2 Å². The van der Waals surface area contributed by atoms with Gasteiger partial charge in [0.1, 0.15) is 0 Å². The molecule has 1 aliphatic rings. The highest BCUT2D eigenvalue weighted by molar-refractivity contribution is 6.17. The summed E-state index contributed by atoms with van der Waals surface area (Å²) in [6.45, 7) is 5.02. The molecule has 1 aliphatic carbocycles. The Bertz CT molecular complexity index is 402. The van der Waals surface area contributed by atoms with Crippen LogP contribution in [-0.2, 0) is 0 Å². The van der Waals surface area contributed by atoms with E-state index < -0.39 is 0 Å². The number of hydrogen-bond acceptors (Lipinski definition) is 3. The van der Waals surface area contributed by atoms with Crippen LogP contribution in [-0.4, -0.2) is 20.1 Å². The predicted octanol–water partition coefficient (Wildman–Crippen LogP) is 2.53. The summed E-state index contributed by atoms with van der Waals surface area (Å²) in [5, 5.41) is 3.52. The standard InChI is InChI=1S/C13H20BN3/c1-3-17(14)10-5-6-12(11(15)9-10)16-13(2)7-4-8-13/h5-6,9,16H,3-4,7-8,15H2,1-2H3. The quantitative estimate of drug-likeness (QED) is 0.615. The second kappa shape index (κ2) is 4.51. The van der Waals surface area contributed by atoms with Crippen molar-refractivity contribution in [2.45, 2.75) is 38.6 Å². The topological polar surface area (TPSA) is 41.3 Å². The van der Waals surface area contributed by atoms with Gasteiger partial charge in [0.25, 0.3) is 0 Å². The number of nitrogens with zero attached hydrogens (tertiary/aromatic N) is 1. The van der Waals surface area contributed by atoms with Crippen LogP contribution in [0.1, 0.15) is 33.1 Å². The molecule has 3 nitrogen and oxygen atoms in total. The third kappa shape index (κ3) is 2.51. The summed E-state index contributed by atoms with van der Waals surface area (Å²) >= 11 is 0. The Labute approximate surface area is 105 Å². The summed E-state index contributed by atoms with van der Waals surface area (Å²) in [5.74, 6) is 0. The average Bonchev–Trinajstić information content (AvgIpc) is 2.28. The molecule has 0 heterocycles. The van der Waals surface area contributed by atoms with Gasteiger partial charge in [-0.2, -0.15) is 0 Å². The Morgan fingerprint density at radius 1 is 1.47 bits per heavy atom. The zero-order valence-corrected chi connectivity index (χ0v) is 10.7. The van der Waals surface area contributed by atoms with Crippen LogP contribution in [0.3, 0.4) is 0 Å². The molecule has 90 valence electrons. The van der Waals surface area contributed by atoms with Crippen molar-refractivity contribution in [3.8, 4) is 0 Å². The highest BCUT2D eigenvalue weighted by Crippen LogP contribution is 2.36. The van der Waals surface area contributed by atoms with Crippen LogP contribution in [0.5, 0.6) is 0 Å². The number of rotatable bonds is 4. The third-order valence-corrected chi connectivity index (χ3v) is 3.60. The smallest absolute Gasteiger partial charge is 0.226 e. The van der Waals surface area contributed by atoms with Crippen molar-refractivity contribution in [1.29, 1.82) is 0 Å². The molecule has 0 spiro atoms. The number of nitrogens with two attached hydrogens (primary N) is 1. The molecule has 3 N–H and O–H groups in total. The van der Waals surface area contributed by atoms with E-state index in [-0.39, 0.29) is 5.54 Å². The van der Waals surface area contributed by atoms with Crippen molar-refractivity contribution >= 4 is 25.0 Å².